The lowest BCUT2D eigenvalue weighted by Crippen LogP contribution is -2.26. The van der Waals surface area contributed by atoms with Crippen molar-refractivity contribution >= 4 is 17.7 Å². The summed E-state index contributed by atoms with van der Waals surface area (Å²) in [6.07, 6.45) is -1.75. The van der Waals surface area contributed by atoms with Crippen molar-refractivity contribution < 1.29 is 36.1 Å². The summed E-state index contributed by atoms with van der Waals surface area (Å²) in [5.74, 6) is 0. The summed E-state index contributed by atoms with van der Waals surface area (Å²) in [6.45, 7) is 5.93. The quantitative estimate of drug-likeness (QED) is 0.254. The van der Waals surface area contributed by atoms with Crippen LogP contribution in [0.15, 0.2) is 59.5 Å². The van der Waals surface area contributed by atoms with E-state index in [4.69, 9.17) is 18.0 Å². The average Bonchev–Trinajstić information content (AvgIpc) is 2.78. The Hall–Kier alpha value is -1.58. The molecule has 0 aliphatic heterocycles. The van der Waals surface area contributed by atoms with Crippen molar-refractivity contribution in [2.45, 2.75) is 57.3 Å². The highest BCUT2D eigenvalue weighted by Crippen LogP contribution is 2.48. The van der Waals surface area contributed by atoms with Gasteiger partial charge in [-0.2, -0.15) is 8.42 Å². The minimum atomic E-state index is -4.04. The van der Waals surface area contributed by atoms with E-state index < -0.39 is 29.9 Å². The van der Waals surface area contributed by atoms with Gasteiger partial charge in [-0.05, 0) is 51.3 Å². The lowest BCUT2D eigenvalue weighted by atomic mass is 10.1. The summed E-state index contributed by atoms with van der Waals surface area (Å²) in [7, 11) is -7.47. The van der Waals surface area contributed by atoms with E-state index in [0.29, 0.717) is 0 Å². The zero-order chi connectivity index (χ0) is 25.0. The van der Waals surface area contributed by atoms with Crippen molar-refractivity contribution in [3.05, 3.63) is 65.7 Å². The fourth-order valence-corrected chi connectivity index (χ4v) is 6.11. The minimum absolute atomic E-state index is 0.00128. The first kappa shape index (κ1) is 28.7. The molecule has 0 spiro atoms. The zero-order valence-electron chi connectivity index (χ0n) is 20.0. The van der Waals surface area contributed by atoms with Gasteiger partial charge < -0.3 is 18.9 Å². The maximum Gasteiger partial charge on any atom is 0.333 e. The van der Waals surface area contributed by atoms with Gasteiger partial charge in [-0.1, -0.05) is 48.0 Å². The Morgan fingerprint density at radius 3 is 2.15 bits per heavy atom. The molecule has 0 saturated carbocycles. The molecule has 0 aliphatic carbocycles. The zero-order valence-corrected chi connectivity index (χ0v) is 21.7. The van der Waals surface area contributed by atoms with Crippen molar-refractivity contribution in [3.8, 4) is 0 Å². The van der Waals surface area contributed by atoms with E-state index in [-0.39, 0.29) is 50.3 Å². The topological polar surface area (TPSA) is 108 Å². The van der Waals surface area contributed by atoms with Crippen molar-refractivity contribution in [2.24, 2.45) is 0 Å². The first-order chi connectivity index (χ1) is 16.2. The largest absolute Gasteiger partial charge is 0.392 e. The van der Waals surface area contributed by atoms with E-state index in [1.54, 1.807) is 26.0 Å². The lowest BCUT2D eigenvalue weighted by molar-refractivity contribution is 0.0331. The third kappa shape index (κ3) is 9.96. The van der Waals surface area contributed by atoms with Gasteiger partial charge in [0.1, 0.15) is 6.10 Å². The van der Waals surface area contributed by atoms with E-state index in [0.717, 1.165) is 11.1 Å². The van der Waals surface area contributed by atoms with Crippen LogP contribution in [0.1, 0.15) is 37.8 Å². The molecule has 190 valence electrons. The van der Waals surface area contributed by atoms with Gasteiger partial charge in [-0.3, -0.25) is 8.75 Å². The first-order valence-corrected chi connectivity index (χ1v) is 14.5. The Morgan fingerprint density at radius 1 is 0.941 bits per heavy atom. The predicted molar refractivity (Wildman–Crippen MR) is 130 cm³/mol. The predicted octanol–water partition coefficient (Wildman–Crippen LogP) is 4.69. The van der Waals surface area contributed by atoms with Crippen molar-refractivity contribution in [2.75, 3.05) is 26.0 Å². The molecule has 0 radical (unpaired) electrons. The summed E-state index contributed by atoms with van der Waals surface area (Å²) in [5.41, 5.74) is 1.87. The van der Waals surface area contributed by atoms with Crippen LogP contribution in [0.25, 0.3) is 0 Å². The second-order valence-electron chi connectivity index (χ2n) is 7.85. The number of hydrogen-bond donors (Lipinski definition) is 1. The minimum Gasteiger partial charge on any atom is -0.392 e. The number of rotatable bonds is 16. The summed E-state index contributed by atoms with van der Waals surface area (Å²) in [6, 6.07) is 15.8. The maximum absolute atomic E-state index is 12.8. The second kappa shape index (κ2) is 14.1. The van der Waals surface area contributed by atoms with Crippen LogP contribution >= 0.6 is 7.60 Å². The Bertz CT molecular complexity index is 985. The number of ether oxygens (including phenoxy) is 1. The highest BCUT2D eigenvalue weighted by molar-refractivity contribution is 7.86. The smallest absolute Gasteiger partial charge is 0.333 e. The Kier molecular flexibility index (Phi) is 11.9. The fourth-order valence-electron chi connectivity index (χ4n) is 3.25. The Labute approximate surface area is 202 Å². The lowest BCUT2D eigenvalue weighted by Gasteiger charge is -2.22. The third-order valence-corrected chi connectivity index (χ3v) is 8.44. The van der Waals surface area contributed by atoms with Gasteiger partial charge in [-0.25, -0.2) is 0 Å². The standard InChI is InChI=1S/C24H35O8PS/c1-4-30-33(26,31-5-2)19-22(25)13-14-23(18-29-17-21-9-7-6-8-10-21)32-34(27,28)24-15-11-20(3)12-16-24/h6-12,15-16,22-23,25H,4-5,13-14,17-19H2,1-3H3. The molecule has 0 aromatic heterocycles. The summed E-state index contributed by atoms with van der Waals surface area (Å²) < 4.78 is 60.0. The number of benzene rings is 2. The number of hydrogen-bond acceptors (Lipinski definition) is 8. The van der Waals surface area contributed by atoms with Gasteiger partial charge in [-0.15, -0.1) is 0 Å². The van der Waals surface area contributed by atoms with E-state index in [2.05, 4.69) is 0 Å². The molecule has 0 fully saturated rings. The maximum atomic E-state index is 12.8. The molecule has 2 unspecified atom stereocenters. The van der Waals surface area contributed by atoms with Gasteiger partial charge in [0.25, 0.3) is 10.1 Å². The summed E-state index contributed by atoms with van der Waals surface area (Å²) in [4.78, 5) is 0.0453. The molecule has 10 heteroatoms. The van der Waals surface area contributed by atoms with Crippen LogP contribution in [-0.4, -0.2) is 51.7 Å². The first-order valence-electron chi connectivity index (χ1n) is 11.3. The van der Waals surface area contributed by atoms with Gasteiger partial charge >= 0.3 is 7.60 Å². The van der Waals surface area contributed by atoms with Crippen LogP contribution in [0.2, 0.25) is 0 Å². The molecule has 34 heavy (non-hydrogen) atoms. The highest BCUT2D eigenvalue weighted by atomic mass is 32.2. The SMILES string of the molecule is CCOP(=O)(CC(O)CCC(COCc1ccccc1)OS(=O)(=O)c1ccc(C)cc1)OCC. The molecule has 2 aromatic carbocycles. The molecule has 0 heterocycles. The van der Waals surface area contributed by atoms with Crippen molar-refractivity contribution in [1.82, 2.24) is 0 Å². The highest BCUT2D eigenvalue weighted by Gasteiger charge is 2.29. The van der Waals surface area contributed by atoms with Gasteiger partial charge in [0.05, 0.1) is 43.6 Å². The summed E-state index contributed by atoms with van der Waals surface area (Å²) in [5, 5.41) is 10.5. The molecular weight excluding hydrogens is 479 g/mol. The average molecular weight is 515 g/mol. The number of aryl methyl sites for hydroxylation is 1. The molecule has 1 N–H and O–H groups in total. The fraction of sp³-hybridized carbons (Fsp3) is 0.500. The van der Waals surface area contributed by atoms with E-state index in [1.807, 2.05) is 37.3 Å². The monoisotopic (exact) mass is 514 g/mol. The third-order valence-electron chi connectivity index (χ3n) is 4.90. The Balaban J connectivity index is 2.04. The molecule has 0 aliphatic rings. The molecule has 0 saturated heterocycles. The van der Waals surface area contributed by atoms with Gasteiger partial charge in [0.15, 0.2) is 0 Å². The molecule has 0 amide bonds. The van der Waals surface area contributed by atoms with Crippen LogP contribution in [-0.2, 0) is 39.3 Å². The molecule has 2 rings (SSSR count). The molecule has 8 nitrogen and oxygen atoms in total. The summed E-state index contributed by atoms with van der Waals surface area (Å²) >= 11 is 0. The van der Waals surface area contributed by atoms with E-state index >= 15 is 0 Å². The van der Waals surface area contributed by atoms with Crippen molar-refractivity contribution in [1.29, 1.82) is 0 Å². The number of aliphatic hydroxyl groups is 1. The number of aliphatic hydroxyl groups excluding tert-OH is 1. The molecular formula is C24H35O8PS. The molecule has 2 aromatic rings. The molecule has 0 bridgehead atoms. The van der Waals surface area contributed by atoms with Crippen LogP contribution in [0, 0.1) is 6.92 Å². The van der Waals surface area contributed by atoms with Crippen LogP contribution in [0.4, 0.5) is 0 Å². The van der Waals surface area contributed by atoms with Crippen molar-refractivity contribution in [3.63, 3.8) is 0 Å². The van der Waals surface area contributed by atoms with E-state index in [9.17, 15) is 18.1 Å². The normalized spacial score (nSPS) is 14.1. The second-order valence-corrected chi connectivity index (χ2v) is 11.5. The van der Waals surface area contributed by atoms with Gasteiger partial charge in [0, 0.05) is 0 Å². The van der Waals surface area contributed by atoms with Crippen LogP contribution in [0.3, 0.4) is 0 Å². The van der Waals surface area contributed by atoms with Gasteiger partial charge in [0.2, 0.25) is 0 Å². The van der Waals surface area contributed by atoms with Crippen LogP contribution in [0.5, 0.6) is 0 Å². The molecule has 2 atom stereocenters. The van der Waals surface area contributed by atoms with Crippen LogP contribution < -0.4 is 0 Å². The Morgan fingerprint density at radius 2 is 1.56 bits per heavy atom. The van der Waals surface area contributed by atoms with E-state index in [1.165, 1.54) is 12.1 Å².